The maximum Gasteiger partial charge on any atom is 0.336 e. The Hall–Kier alpha value is -1.68. The Labute approximate surface area is 87.0 Å². The van der Waals surface area contributed by atoms with E-state index in [-0.39, 0.29) is 5.56 Å². The normalized spacial score (nSPS) is 10.8. The van der Waals surface area contributed by atoms with Crippen LogP contribution in [-0.2, 0) is 0 Å². The van der Waals surface area contributed by atoms with E-state index in [0.29, 0.717) is 18.5 Å². The molecule has 0 fully saturated rings. The van der Waals surface area contributed by atoms with Crippen molar-refractivity contribution in [3.63, 3.8) is 0 Å². The van der Waals surface area contributed by atoms with Crippen LogP contribution in [0.25, 0.3) is 6.08 Å². The van der Waals surface area contributed by atoms with Crippen molar-refractivity contribution in [2.45, 2.75) is 6.42 Å². The van der Waals surface area contributed by atoms with Crippen LogP contribution in [0.2, 0.25) is 0 Å². The van der Waals surface area contributed by atoms with Gasteiger partial charge < -0.3 is 10.8 Å². The lowest BCUT2D eigenvalue weighted by Crippen LogP contribution is -2.00. The first kappa shape index (κ1) is 11.4. The van der Waals surface area contributed by atoms with Gasteiger partial charge in [-0.25, -0.2) is 9.18 Å². The van der Waals surface area contributed by atoms with Gasteiger partial charge in [0.1, 0.15) is 5.82 Å². The van der Waals surface area contributed by atoms with Gasteiger partial charge in [0.15, 0.2) is 0 Å². The Morgan fingerprint density at radius 2 is 2.27 bits per heavy atom. The van der Waals surface area contributed by atoms with Gasteiger partial charge in [-0.05, 0) is 30.7 Å². The molecule has 0 spiro atoms. The molecule has 0 saturated heterocycles. The molecule has 1 aromatic carbocycles. The number of nitrogens with two attached hydrogens (primary N) is 1. The van der Waals surface area contributed by atoms with Gasteiger partial charge in [0, 0.05) is 0 Å². The molecule has 4 heteroatoms. The van der Waals surface area contributed by atoms with E-state index in [0.717, 1.165) is 6.07 Å². The predicted molar refractivity (Wildman–Crippen MR) is 56.1 cm³/mol. The van der Waals surface area contributed by atoms with Crippen LogP contribution in [0.4, 0.5) is 4.39 Å². The van der Waals surface area contributed by atoms with Gasteiger partial charge in [0.05, 0.1) is 5.56 Å². The van der Waals surface area contributed by atoms with Crippen molar-refractivity contribution in [3.05, 3.63) is 41.2 Å². The lowest BCUT2D eigenvalue weighted by molar-refractivity contribution is 0.0696. The van der Waals surface area contributed by atoms with Crippen molar-refractivity contribution < 1.29 is 14.3 Å². The van der Waals surface area contributed by atoms with E-state index < -0.39 is 11.8 Å². The average molecular weight is 209 g/mol. The van der Waals surface area contributed by atoms with Crippen molar-refractivity contribution in [2.75, 3.05) is 6.54 Å². The summed E-state index contributed by atoms with van der Waals surface area (Å²) in [5.41, 5.74) is 5.73. The molecule has 0 amide bonds. The molecule has 1 aromatic rings. The fourth-order valence-electron chi connectivity index (χ4n) is 1.17. The Kier molecular flexibility index (Phi) is 4.00. The third-order valence-corrected chi connectivity index (χ3v) is 1.88. The lowest BCUT2D eigenvalue weighted by atomic mass is 10.1. The molecule has 0 bridgehead atoms. The Bertz CT molecular complexity index is 388. The third kappa shape index (κ3) is 3.18. The minimum absolute atomic E-state index is 0.0386. The van der Waals surface area contributed by atoms with Crippen LogP contribution in [0.15, 0.2) is 24.3 Å². The van der Waals surface area contributed by atoms with Gasteiger partial charge in [0.25, 0.3) is 0 Å². The average Bonchev–Trinajstić information content (AvgIpc) is 2.20. The summed E-state index contributed by atoms with van der Waals surface area (Å²) in [5.74, 6) is -1.69. The van der Waals surface area contributed by atoms with E-state index >= 15 is 0 Å². The highest BCUT2D eigenvalue weighted by Gasteiger charge is 2.08. The smallest absolute Gasteiger partial charge is 0.336 e. The van der Waals surface area contributed by atoms with Gasteiger partial charge in [-0.15, -0.1) is 0 Å². The van der Waals surface area contributed by atoms with Crippen molar-refractivity contribution in [1.29, 1.82) is 0 Å². The topological polar surface area (TPSA) is 63.3 Å². The third-order valence-electron chi connectivity index (χ3n) is 1.88. The summed E-state index contributed by atoms with van der Waals surface area (Å²) < 4.78 is 12.8. The summed E-state index contributed by atoms with van der Waals surface area (Å²) >= 11 is 0. The van der Waals surface area contributed by atoms with Crippen LogP contribution in [0.5, 0.6) is 0 Å². The minimum atomic E-state index is -1.14. The first-order chi connectivity index (χ1) is 7.15. The quantitative estimate of drug-likeness (QED) is 0.795. The van der Waals surface area contributed by atoms with Gasteiger partial charge in [0.2, 0.25) is 0 Å². The van der Waals surface area contributed by atoms with E-state index in [2.05, 4.69) is 0 Å². The summed E-state index contributed by atoms with van der Waals surface area (Å²) in [6, 6.07) is 3.67. The second-order valence-corrected chi connectivity index (χ2v) is 3.02. The number of aromatic carboxylic acids is 1. The summed E-state index contributed by atoms with van der Waals surface area (Å²) in [7, 11) is 0. The molecule has 0 aliphatic carbocycles. The molecule has 0 aliphatic heterocycles. The van der Waals surface area contributed by atoms with Crippen LogP contribution in [0, 0.1) is 5.82 Å². The van der Waals surface area contributed by atoms with E-state index in [9.17, 15) is 9.18 Å². The van der Waals surface area contributed by atoms with E-state index in [4.69, 9.17) is 10.8 Å². The van der Waals surface area contributed by atoms with Gasteiger partial charge in [-0.3, -0.25) is 0 Å². The number of hydrogen-bond donors (Lipinski definition) is 2. The highest BCUT2D eigenvalue weighted by atomic mass is 19.1. The molecule has 0 aliphatic rings. The first-order valence-electron chi connectivity index (χ1n) is 4.54. The SMILES string of the molecule is NCCC=Cc1ccc(F)cc1C(=O)O. The number of carboxylic acids is 1. The monoisotopic (exact) mass is 209 g/mol. The number of hydrogen-bond acceptors (Lipinski definition) is 2. The highest BCUT2D eigenvalue weighted by Crippen LogP contribution is 2.13. The standard InChI is InChI=1S/C11H12FNO2/c12-9-5-4-8(3-1-2-6-13)10(7-9)11(14)15/h1,3-5,7H,2,6,13H2,(H,14,15). The molecule has 0 atom stereocenters. The van der Waals surface area contributed by atoms with Crippen LogP contribution < -0.4 is 5.73 Å². The second-order valence-electron chi connectivity index (χ2n) is 3.02. The molecule has 0 aromatic heterocycles. The maximum atomic E-state index is 12.8. The van der Waals surface area contributed by atoms with Gasteiger partial charge in [-0.2, -0.15) is 0 Å². The Morgan fingerprint density at radius 1 is 1.53 bits per heavy atom. The van der Waals surface area contributed by atoms with Crippen LogP contribution in [0.1, 0.15) is 22.3 Å². The molecule has 15 heavy (non-hydrogen) atoms. The van der Waals surface area contributed by atoms with Crippen molar-refractivity contribution >= 4 is 12.0 Å². The molecule has 0 radical (unpaired) electrons. The lowest BCUT2D eigenvalue weighted by Gasteiger charge is -2.00. The van der Waals surface area contributed by atoms with E-state index in [1.54, 1.807) is 12.2 Å². The zero-order chi connectivity index (χ0) is 11.3. The highest BCUT2D eigenvalue weighted by molar-refractivity contribution is 5.92. The first-order valence-corrected chi connectivity index (χ1v) is 4.54. The number of halogens is 1. The summed E-state index contributed by atoms with van der Waals surface area (Å²) in [5, 5.41) is 8.82. The number of rotatable bonds is 4. The molecular weight excluding hydrogens is 197 g/mol. The van der Waals surface area contributed by atoms with Gasteiger partial charge >= 0.3 is 5.97 Å². The Morgan fingerprint density at radius 3 is 2.87 bits per heavy atom. The van der Waals surface area contributed by atoms with Crippen molar-refractivity contribution in [2.24, 2.45) is 5.73 Å². The van der Waals surface area contributed by atoms with Gasteiger partial charge in [-0.1, -0.05) is 18.2 Å². The molecule has 80 valence electrons. The van der Waals surface area contributed by atoms with Crippen LogP contribution in [-0.4, -0.2) is 17.6 Å². The summed E-state index contributed by atoms with van der Waals surface area (Å²) in [6.45, 7) is 0.500. The molecule has 0 saturated carbocycles. The number of carboxylic acid groups (broad SMARTS) is 1. The minimum Gasteiger partial charge on any atom is -0.478 e. The van der Waals surface area contributed by atoms with Crippen LogP contribution in [0.3, 0.4) is 0 Å². The number of carbonyl (C=O) groups is 1. The molecule has 0 unspecified atom stereocenters. The second kappa shape index (κ2) is 5.26. The van der Waals surface area contributed by atoms with Crippen molar-refractivity contribution in [1.82, 2.24) is 0 Å². The Balaban J connectivity index is 3.01. The largest absolute Gasteiger partial charge is 0.478 e. The molecule has 0 heterocycles. The predicted octanol–water partition coefficient (Wildman–Crippen LogP) is 1.89. The zero-order valence-electron chi connectivity index (χ0n) is 8.11. The fraction of sp³-hybridized carbons (Fsp3) is 0.182. The van der Waals surface area contributed by atoms with Crippen LogP contribution >= 0.6 is 0 Å². The van der Waals surface area contributed by atoms with E-state index in [1.165, 1.54) is 12.1 Å². The fourth-order valence-corrected chi connectivity index (χ4v) is 1.17. The molecule has 3 N–H and O–H groups in total. The maximum absolute atomic E-state index is 12.8. The molecule has 3 nitrogen and oxygen atoms in total. The van der Waals surface area contributed by atoms with E-state index in [1.807, 2.05) is 0 Å². The molecule has 1 rings (SSSR count). The summed E-state index contributed by atoms with van der Waals surface area (Å²) in [6.07, 6.45) is 4.06. The molecular formula is C11H12FNO2. The zero-order valence-corrected chi connectivity index (χ0v) is 8.11. The summed E-state index contributed by atoms with van der Waals surface area (Å²) in [4.78, 5) is 10.8. The van der Waals surface area contributed by atoms with Crippen molar-refractivity contribution in [3.8, 4) is 0 Å². The number of benzene rings is 1.